The normalized spacial score (nSPS) is 13.3. The summed E-state index contributed by atoms with van der Waals surface area (Å²) in [6, 6.07) is 54.8. The molecule has 6 rings (SSSR count). The minimum Gasteiger partial charge on any atom is -0.485 e. The van der Waals surface area contributed by atoms with Gasteiger partial charge in [-0.05, 0) is 50.6 Å². The Labute approximate surface area is 380 Å². The molecule has 3 unspecified atom stereocenters. The third-order valence-electron chi connectivity index (χ3n) is 13.0. The van der Waals surface area contributed by atoms with Gasteiger partial charge in [0.2, 0.25) is 0 Å². The third kappa shape index (κ3) is 10.9. The Kier molecular flexibility index (Phi) is 16.4. The first-order valence-electron chi connectivity index (χ1n) is 21.3. The van der Waals surface area contributed by atoms with Gasteiger partial charge in [-0.25, -0.2) is 0 Å². The Hall–Kier alpha value is -4.92. The Morgan fingerprint density at radius 2 is 0.766 bits per heavy atom. The molecule has 3 atom stereocenters. The van der Waals surface area contributed by atoms with Crippen molar-refractivity contribution in [2.75, 3.05) is 19.8 Å². The lowest BCUT2D eigenvalue weighted by Crippen LogP contribution is -2.44. The van der Waals surface area contributed by atoms with Crippen molar-refractivity contribution in [2.24, 2.45) is 5.41 Å². The summed E-state index contributed by atoms with van der Waals surface area (Å²) in [5.41, 5.74) is 6.49. The predicted octanol–water partition coefficient (Wildman–Crippen LogP) is 11.4. The molecule has 0 fully saturated rings. The van der Waals surface area contributed by atoms with Gasteiger partial charge < -0.3 is 20.1 Å². The predicted molar refractivity (Wildman–Crippen MR) is 255 cm³/mol. The third-order valence-corrected chi connectivity index (χ3v) is 14.1. The van der Waals surface area contributed by atoms with Gasteiger partial charge in [0.15, 0.2) is 4.31 Å². The second-order valence-corrected chi connectivity index (χ2v) is 20.0. The van der Waals surface area contributed by atoms with Crippen LogP contribution in [-0.4, -0.2) is 44.9 Å². The molecule has 0 spiro atoms. The summed E-state index contributed by atoms with van der Waals surface area (Å²) in [5.74, 6) is 0.623. The number of hydrogen-bond donors (Lipinski definition) is 5. The molecule has 64 heavy (non-hydrogen) atoms. The van der Waals surface area contributed by atoms with Crippen LogP contribution in [0.5, 0.6) is 5.75 Å². The molecule has 0 radical (unpaired) electrons. The Balaban J connectivity index is 0.00000102. The fourth-order valence-corrected chi connectivity index (χ4v) is 8.87. The fourth-order valence-electron chi connectivity index (χ4n) is 8.39. The Morgan fingerprint density at radius 3 is 1.11 bits per heavy atom. The van der Waals surface area contributed by atoms with Crippen molar-refractivity contribution < 1.29 is 43.3 Å². The summed E-state index contributed by atoms with van der Waals surface area (Å²) in [4.78, 5) is 15.3. The molecule has 0 aliphatic heterocycles. The van der Waals surface area contributed by atoms with Crippen LogP contribution in [0.15, 0.2) is 158 Å². The first-order chi connectivity index (χ1) is 30.3. The van der Waals surface area contributed by atoms with E-state index >= 15 is 0 Å². The summed E-state index contributed by atoms with van der Waals surface area (Å²) in [6.07, 6.45) is -0.942. The van der Waals surface area contributed by atoms with Crippen molar-refractivity contribution in [1.29, 1.82) is 0 Å². The summed E-state index contributed by atoms with van der Waals surface area (Å²) < 4.78 is 29.5. The minimum absolute atomic E-state index is 0.319. The lowest BCUT2D eigenvalue weighted by molar-refractivity contribution is -0.0751. The standard InChI is InChI=1S/C53H60O4.O5P2/c1-49(2,38-21-13-9-14-22-38)42-29-31-44(45(33-42)51(5,6)40-25-17-11-18-26-40)48(53(35-54,36-55)37-56)57-47-32-30-43(50(3,4)39-23-15-10-16-24-39)34-46(47)52(7,8)41-27-19-12-20-28-41;1-6(2)5-7(3)4/h9-34,48,54-56H,35-37H2,1-8H3;/p+2. The van der Waals surface area contributed by atoms with Gasteiger partial charge in [0.25, 0.3) is 0 Å². The summed E-state index contributed by atoms with van der Waals surface area (Å²) >= 11 is 0. The zero-order chi connectivity index (χ0) is 46.9. The molecule has 0 amide bonds. The molecular formula is C53H62O9P2+2. The van der Waals surface area contributed by atoms with Gasteiger partial charge in [-0.3, -0.25) is 0 Å². The van der Waals surface area contributed by atoms with E-state index in [1.807, 2.05) is 30.3 Å². The summed E-state index contributed by atoms with van der Waals surface area (Å²) in [6.45, 7) is 16.3. The molecule has 6 aromatic rings. The van der Waals surface area contributed by atoms with Crippen LogP contribution in [0.25, 0.3) is 0 Å². The van der Waals surface area contributed by atoms with Crippen LogP contribution in [0, 0.1) is 5.41 Å². The average Bonchev–Trinajstić information content (AvgIpc) is 3.30. The number of hydrogen-bond acceptors (Lipinski definition) is 7. The van der Waals surface area contributed by atoms with Gasteiger partial charge in [-0.15, -0.1) is 9.79 Å². The summed E-state index contributed by atoms with van der Waals surface area (Å²) in [5, 5.41) is 33.6. The lowest BCUT2D eigenvalue weighted by atomic mass is 9.68. The van der Waals surface area contributed by atoms with E-state index in [-0.39, 0.29) is 10.8 Å². The van der Waals surface area contributed by atoms with Crippen LogP contribution in [0.3, 0.4) is 0 Å². The van der Waals surface area contributed by atoms with E-state index in [0.29, 0.717) is 5.75 Å². The minimum atomic E-state index is -2.92. The van der Waals surface area contributed by atoms with Gasteiger partial charge in [0.1, 0.15) is 11.9 Å². The van der Waals surface area contributed by atoms with Gasteiger partial charge in [-0.1, -0.05) is 207 Å². The van der Waals surface area contributed by atoms with Crippen molar-refractivity contribution >= 4 is 16.5 Å². The molecule has 0 saturated heterocycles. The van der Waals surface area contributed by atoms with Crippen LogP contribution in [0.1, 0.15) is 112 Å². The van der Waals surface area contributed by atoms with E-state index < -0.39 is 58.7 Å². The van der Waals surface area contributed by atoms with Crippen LogP contribution in [0.4, 0.5) is 0 Å². The summed E-state index contributed by atoms with van der Waals surface area (Å²) in [7, 11) is -5.85. The van der Waals surface area contributed by atoms with Crippen molar-refractivity contribution in [2.45, 2.75) is 83.2 Å². The topological polar surface area (TPSA) is 154 Å². The highest BCUT2D eigenvalue weighted by Crippen LogP contribution is 2.49. The van der Waals surface area contributed by atoms with E-state index in [1.54, 1.807) is 0 Å². The molecular weight excluding hydrogens is 843 g/mol. The lowest BCUT2D eigenvalue weighted by Gasteiger charge is -2.41. The second kappa shape index (κ2) is 20.9. The molecule has 0 saturated carbocycles. The zero-order valence-corrected chi connectivity index (χ0v) is 39.8. The zero-order valence-electron chi connectivity index (χ0n) is 38.0. The number of ether oxygens (including phenoxy) is 1. The fraction of sp³-hybridized carbons (Fsp3) is 0.321. The van der Waals surface area contributed by atoms with Crippen molar-refractivity contribution in [3.05, 3.63) is 208 Å². The maximum atomic E-state index is 11.2. The second-order valence-electron chi connectivity index (χ2n) is 18.4. The van der Waals surface area contributed by atoms with Crippen molar-refractivity contribution in [3.8, 4) is 5.75 Å². The van der Waals surface area contributed by atoms with Gasteiger partial charge in [-0.2, -0.15) is 0 Å². The van der Waals surface area contributed by atoms with Crippen LogP contribution >= 0.6 is 16.5 Å². The number of aliphatic hydroxyl groups excluding tert-OH is 3. The molecule has 6 aromatic carbocycles. The molecule has 5 N–H and O–H groups in total. The Bertz CT molecular complexity index is 2450. The molecule has 0 aliphatic rings. The molecule has 0 aliphatic carbocycles. The molecule has 0 aromatic heterocycles. The largest absolute Gasteiger partial charge is 0.745 e. The van der Waals surface area contributed by atoms with E-state index in [4.69, 9.17) is 14.5 Å². The van der Waals surface area contributed by atoms with Crippen LogP contribution in [-0.2, 0) is 35.1 Å². The van der Waals surface area contributed by atoms with E-state index in [0.717, 1.165) is 38.9 Å². The van der Waals surface area contributed by atoms with Crippen molar-refractivity contribution in [3.63, 3.8) is 0 Å². The maximum Gasteiger partial charge on any atom is 0.745 e. The molecule has 0 bridgehead atoms. The smallest absolute Gasteiger partial charge is 0.485 e. The molecule has 0 heterocycles. The van der Waals surface area contributed by atoms with E-state index in [1.165, 1.54) is 11.1 Å². The van der Waals surface area contributed by atoms with Gasteiger partial charge >= 0.3 is 16.5 Å². The van der Waals surface area contributed by atoms with E-state index in [9.17, 15) is 24.4 Å². The maximum absolute atomic E-state index is 11.2. The number of rotatable bonds is 17. The van der Waals surface area contributed by atoms with Crippen LogP contribution in [0.2, 0.25) is 0 Å². The monoisotopic (exact) mass is 904 g/mol. The molecule has 9 nitrogen and oxygen atoms in total. The van der Waals surface area contributed by atoms with E-state index in [2.05, 4.69) is 187 Å². The highest BCUT2D eigenvalue weighted by molar-refractivity contribution is 7.46. The Morgan fingerprint density at radius 1 is 0.438 bits per heavy atom. The number of benzene rings is 6. The first-order valence-corrected chi connectivity index (χ1v) is 23.5. The first kappa shape index (κ1) is 50.1. The van der Waals surface area contributed by atoms with Crippen LogP contribution < -0.4 is 4.74 Å². The highest BCUT2D eigenvalue weighted by atomic mass is 31.2. The highest BCUT2D eigenvalue weighted by Gasteiger charge is 2.45. The van der Waals surface area contributed by atoms with Crippen molar-refractivity contribution in [1.82, 2.24) is 0 Å². The SMILES string of the molecule is CC(C)(c1ccccc1)c1ccc(OC(c2ccc(C(C)(C)c3ccccc3)cc2C(C)(C)c2ccccc2)C(CO)(CO)CO)c(C(C)(C)c2ccccc2)c1.O=[P+](O)O[P+](=O)O. The molecule has 11 heteroatoms. The van der Waals surface area contributed by atoms with Gasteiger partial charge in [0, 0.05) is 36.4 Å². The molecule has 336 valence electrons. The van der Waals surface area contributed by atoms with Gasteiger partial charge in [0.05, 0.1) is 25.2 Å². The number of aliphatic hydroxyl groups is 3. The average molecular weight is 905 g/mol. The quantitative estimate of drug-likeness (QED) is 0.0563.